The SMILES string of the molecule is c1ccc(-n2c3ccccc3c3cc(-c4ccc5c(c4)n4c(nc6ccccc64)sc4nc6ccccc6n45)ccc32)cc1. The van der Waals surface area contributed by atoms with Crippen molar-refractivity contribution in [3.63, 3.8) is 0 Å². The fourth-order valence-electron chi connectivity index (χ4n) is 6.77. The van der Waals surface area contributed by atoms with Crippen LogP contribution in [0.25, 0.3) is 81.6 Å². The molecule has 206 valence electrons. The normalized spacial score (nSPS) is 12.1. The average molecular weight is 582 g/mol. The van der Waals surface area contributed by atoms with Gasteiger partial charge in [-0.25, -0.2) is 9.97 Å². The Labute approximate surface area is 255 Å². The minimum Gasteiger partial charge on any atom is -0.309 e. The number of hydrogen-bond acceptors (Lipinski definition) is 3. The summed E-state index contributed by atoms with van der Waals surface area (Å²) < 4.78 is 6.93. The molecule has 0 spiro atoms. The molecule has 5 nitrogen and oxygen atoms in total. The van der Waals surface area contributed by atoms with Crippen LogP contribution in [-0.4, -0.2) is 23.3 Å². The summed E-state index contributed by atoms with van der Waals surface area (Å²) in [6, 6.07) is 49.7. The molecule has 0 aliphatic heterocycles. The van der Waals surface area contributed by atoms with E-state index in [1.54, 1.807) is 11.3 Å². The molecule has 0 amide bonds. The number of para-hydroxylation sites is 6. The lowest BCUT2D eigenvalue weighted by atomic mass is 10.0. The van der Waals surface area contributed by atoms with Crippen LogP contribution in [-0.2, 0) is 0 Å². The summed E-state index contributed by atoms with van der Waals surface area (Å²) in [5.74, 6) is 0. The summed E-state index contributed by atoms with van der Waals surface area (Å²) in [4.78, 5) is 11.9. The number of imidazole rings is 2. The predicted molar refractivity (Wildman–Crippen MR) is 183 cm³/mol. The molecule has 10 rings (SSSR count). The highest BCUT2D eigenvalue weighted by Gasteiger charge is 2.16. The number of hydrogen-bond donors (Lipinski definition) is 0. The van der Waals surface area contributed by atoms with Gasteiger partial charge in [-0.1, -0.05) is 84.1 Å². The fourth-order valence-corrected chi connectivity index (χ4v) is 7.80. The van der Waals surface area contributed by atoms with Gasteiger partial charge in [-0.2, -0.15) is 0 Å². The Morgan fingerprint density at radius 1 is 0.409 bits per heavy atom. The molecular formula is C38H23N5S. The van der Waals surface area contributed by atoms with E-state index >= 15 is 0 Å². The van der Waals surface area contributed by atoms with Crippen molar-refractivity contribution in [3.05, 3.63) is 140 Å². The molecule has 0 N–H and O–H groups in total. The lowest BCUT2D eigenvalue weighted by Crippen LogP contribution is -1.93. The van der Waals surface area contributed by atoms with Crippen molar-refractivity contribution in [2.45, 2.75) is 0 Å². The van der Waals surface area contributed by atoms with Crippen LogP contribution in [0.5, 0.6) is 0 Å². The zero-order chi connectivity index (χ0) is 28.8. The maximum Gasteiger partial charge on any atom is 0.198 e. The molecule has 0 atom stereocenters. The van der Waals surface area contributed by atoms with Gasteiger partial charge in [-0.05, 0) is 77.9 Å². The summed E-state index contributed by atoms with van der Waals surface area (Å²) >= 11 is 1.62. The van der Waals surface area contributed by atoms with Gasteiger partial charge in [-0.15, -0.1) is 0 Å². The van der Waals surface area contributed by atoms with Gasteiger partial charge in [-0.3, -0.25) is 8.80 Å². The van der Waals surface area contributed by atoms with Gasteiger partial charge in [0.05, 0.1) is 44.1 Å². The Bertz CT molecular complexity index is 2780. The number of fused-ring (bicyclic) bond motifs is 12. The van der Waals surface area contributed by atoms with Gasteiger partial charge < -0.3 is 4.57 Å². The number of benzene rings is 6. The second-order valence-corrected chi connectivity index (χ2v) is 12.1. The summed E-state index contributed by atoms with van der Waals surface area (Å²) in [5.41, 5.74) is 12.2. The molecule has 0 saturated carbocycles. The van der Waals surface area contributed by atoms with E-state index in [1.807, 2.05) is 12.1 Å². The standard InChI is InChI=1S/C38H23N5S/c1-2-10-26(11-3-1)41-31-15-7-4-12-27(31)28-22-24(18-20-32(28)41)25-19-21-35-36(23-25)43-34-17-9-6-14-30(34)40-38(43)44-37-39-29-13-5-8-16-33(29)42(35)37/h1-23H. The molecule has 44 heavy (non-hydrogen) atoms. The molecule has 0 unspecified atom stereocenters. The Morgan fingerprint density at radius 3 is 1.68 bits per heavy atom. The third kappa shape index (κ3) is 3.28. The van der Waals surface area contributed by atoms with Gasteiger partial charge in [0.15, 0.2) is 9.92 Å². The molecule has 0 radical (unpaired) electrons. The minimum atomic E-state index is 0.917. The summed E-state index contributed by atoms with van der Waals surface area (Å²) in [6.07, 6.45) is 0. The second-order valence-electron chi connectivity index (χ2n) is 11.2. The van der Waals surface area contributed by atoms with E-state index in [0.717, 1.165) is 54.3 Å². The highest BCUT2D eigenvalue weighted by molar-refractivity contribution is 7.21. The molecule has 0 aliphatic carbocycles. The molecule has 0 saturated heterocycles. The van der Waals surface area contributed by atoms with Gasteiger partial charge in [0, 0.05) is 16.5 Å². The van der Waals surface area contributed by atoms with Crippen molar-refractivity contribution in [1.29, 1.82) is 0 Å². The van der Waals surface area contributed by atoms with Crippen molar-refractivity contribution in [2.75, 3.05) is 0 Å². The Hall–Kier alpha value is -5.72. The highest BCUT2D eigenvalue weighted by Crippen LogP contribution is 2.37. The highest BCUT2D eigenvalue weighted by atomic mass is 32.1. The average Bonchev–Trinajstić information content (AvgIpc) is 3.71. The second kappa shape index (κ2) is 8.89. The third-order valence-electron chi connectivity index (χ3n) is 8.72. The number of rotatable bonds is 2. The molecule has 0 bridgehead atoms. The number of aromatic nitrogens is 5. The molecule has 10 aromatic rings. The first-order valence-corrected chi connectivity index (χ1v) is 15.5. The predicted octanol–water partition coefficient (Wildman–Crippen LogP) is 9.83. The van der Waals surface area contributed by atoms with E-state index in [1.165, 1.54) is 27.4 Å². The Morgan fingerprint density at radius 2 is 0.955 bits per heavy atom. The van der Waals surface area contributed by atoms with Crippen LogP contribution in [0.15, 0.2) is 140 Å². The van der Waals surface area contributed by atoms with E-state index in [9.17, 15) is 0 Å². The van der Waals surface area contributed by atoms with Crippen molar-refractivity contribution in [1.82, 2.24) is 23.3 Å². The fraction of sp³-hybridized carbons (Fsp3) is 0. The van der Waals surface area contributed by atoms with Crippen LogP contribution in [0.1, 0.15) is 0 Å². The largest absolute Gasteiger partial charge is 0.309 e. The van der Waals surface area contributed by atoms with Crippen LogP contribution in [0, 0.1) is 0 Å². The zero-order valence-electron chi connectivity index (χ0n) is 23.4. The van der Waals surface area contributed by atoms with Crippen LogP contribution in [0.2, 0.25) is 0 Å². The molecule has 4 aromatic heterocycles. The molecule has 6 aromatic carbocycles. The van der Waals surface area contributed by atoms with Crippen molar-refractivity contribution >= 4 is 76.2 Å². The number of nitrogens with zero attached hydrogens (tertiary/aromatic N) is 5. The third-order valence-corrected chi connectivity index (χ3v) is 9.63. The van der Waals surface area contributed by atoms with Crippen molar-refractivity contribution in [2.24, 2.45) is 0 Å². The van der Waals surface area contributed by atoms with Gasteiger partial charge >= 0.3 is 0 Å². The maximum atomic E-state index is 5.06. The van der Waals surface area contributed by atoms with E-state index in [2.05, 4.69) is 141 Å². The van der Waals surface area contributed by atoms with E-state index in [-0.39, 0.29) is 0 Å². The lowest BCUT2D eigenvalue weighted by molar-refractivity contribution is 1.18. The van der Waals surface area contributed by atoms with E-state index in [4.69, 9.17) is 9.97 Å². The van der Waals surface area contributed by atoms with E-state index < -0.39 is 0 Å². The van der Waals surface area contributed by atoms with Gasteiger partial charge in [0.1, 0.15) is 0 Å². The smallest absolute Gasteiger partial charge is 0.198 e. The van der Waals surface area contributed by atoms with Crippen molar-refractivity contribution in [3.8, 4) is 16.8 Å². The van der Waals surface area contributed by atoms with E-state index in [0.29, 0.717) is 0 Å². The van der Waals surface area contributed by atoms with Crippen LogP contribution in [0.4, 0.5) is 0 Å². The topological polar surface area (TPSA) is 39.5 Å². The summed E-state index contributed by atoms with van der Waals surface area (Å²) in [5, 5.41) is 2.49. The molecule has 0 fully saturated rings. The van der Waals surface area contributed by atoms with Gasteiger partial charge in [0.25, 0.3) is 0 Å². The molecular weight excluding hydrogens is 559 g/mol. The Balaban J connectivity index is 1.30. The van der Waals surface area contributed by atoms with Crippen LogP contribution >= 0.6 is 11.3 Å². The van der Waals surface area contributed by atoms with Crippen LogP contribution in [0.3, 0.4) is 0 Å². The molecule has 4 heterocycles. The molecule has 6 heteroatoms. The first-order chi connectivity index (χ1) is 21.8. The van der Waals surface area contributed by atoms with Crippen molar-refractivity contribution < 1.29 is 0 Å². The first kappa shape index (κ1) is 23.8. The quantitative estimate of drug-likeness (QED) is 0.204. The lowest BCUT2D eigenvalue weighted by Gasteiger charge is -2.09. The maximum absolute atomic E-state index is 5.06. The monoisotopic (exact) mass is 581 g/mol. The first-order valence-electron chi connectivity index (χ1n) is 14.7. The summed E-state index contributed by atoms with van der Waals surface area (Å²) in [6.45, 7) is 0. The van der Waals surface area contributed by atoms with Gasteiger partial charge in [0.2, 0.25) is 0 Å². The Kier molecular flexibility index (Phi) is 4.81. The zero-order valence-corrected chi connectivity index (χ0v) is 24.2. The summed E-state index contributed by atoms with van der Waals surface area (Å²) in [7, 11) is 0. The minimum absolute atomic E-state index is 0.917. The molecule has 0 aliphatic rings. The van der Waals surface area contributed by atoms with Crippen LogP contribution < -0.4 is 0 Å².